The Bertz CT molecular complexity index is 354. The van der Waals surface area contributed by atoms with Gasteiger partial charge in [0.2, 0.25) is 5.89 Å². The second-order valence-corrected chi connectivity index (χ2v) is 4.93. The molecule has 90 valence electrons. The number of rotatable bonds is 3. The third kappa shape index (κ3) is 2.30. The molecule has 0 spiro atoms. The van der Waals surface area contributed by atoms with Crippen LogP contribution in [0.5, 0.6) is 0 Å². The maximum absolute atomic E-state index is 9.50. The van der Waals surface area contributed by atoms with E-state index in [1.165, 1.54) is 0 Å². The fourth-order valence-corrected chi connectivity index (χ4v) is 1.96. The number of hydrogen-bond donors (Lipinski definition) is 1. The van der Waals surface area contributed by atoms with Gasteiger partial charge in [0, 0.05) is 19.0 Å². The van der Waals surface area contributed by atoms with Crippen LogP contribution in [-0.2, 0) is 0 Å². The molecule has 16 heavy (non-hydrogen) atoms. The minimum Gasteiger partial charge on any atom is -0.406 e. The van der Waals surface area contributed by atoms with Crippen LogP contribution in [0.3, 0.4) is 0 Å². The second-order valence-electron chi connectivity index (χ2n) is 4.27. The van der Waals surface area contributed by atoms with Gasteiger partial charge in [-0.1, -0.05) is 5.10 Å². The molecule has 0 saturated carbocycles. The molecular weight excluding hydrogens is 230 g/mol. The summed E-state index contributed by atoms with van der Waals surface area (Å²) >= 11 is 5.85. The van der Waals surface area contributed by atoms with Gasteiger partial charge in [0.15, 0.2) is 0 Å². The van der Waals surface area contributed by atoms with Crippen molar-refractivity contribution in [3.8, 4) is 0 Å². The van der Waals surface area contributed by atoms with Crippen molar-refractivity contribution in [2.24, 2.45) is 5.92 Å². The van der Waals surface area contributed by atoms with Crippen molar-refractivity contribution in [3.05, 3.63) is 5.89 Å². The Morgan fingerprint density at radius 3 is 2.75 bits per heavy atom. The summed E-state index contributed by atoms with van der Waals surface area (Å²) in [5.41, 5.74) is 0. The maximum Gasteiger partial charge on any atom is 0.318 e. The molecule has 2 heterocycles. The largest absolute Gasteiger partial charge is 0.406 e. The molecule has 1 fully saturated rings. The Morgan fingerprint density at radius 2 is 2.25 bits per heavy atom. The first-order valence-electron chi connectivity index (χ1n) is 5.48. The molecule has 0 aliphatic carbocycles. The number of nitrogens with zero attached hydrogens (tertiary/aromatic N) is 3. The molecule has 0 amide bonds. The SMILES string of the molecule is CC(Cl)c1nnc(N2CCC(C(C)O)C2)o1. The average Bonchev–Trinajstić information content (AvgIpc) is 2.86. The van der Waals surface area contributed by atoms with Crippen LogP contribution in [0.25, 0.3) is 0 Å². The molecular formula is C10H16ClN3O2. The topological polar surface area (TPSA) is 62.4 Å². The first-order valence-corrected chi connectivity index (χ1v) is 5.92. The Hall–Kier alpha value is -0.810. The predicted molar refractivity (Wildman–Crippen MR) is 60.6 cm³/mol. The summed E-state index contributed by atoms with van der Waals surface area (Å²) in [5, 5.41) is 17.1. The van der Waals surface area contributed by atoms with E-state index in [-0.39, 0.29) is 17.4 Å². The lowest BCUT2D eigenvalue weighted by Crippen LogP contribution is -2.24. The summed E-state index contributed by atoms with van der Waals surface area (Å²) in [6.07, 6.45) is 0.658. The van der Waals surface area contributed by atoms with E-state index in [1.807, 2.05) is 11.8 Å². The number of aliphatic hydroxyl groups is 1. The van der Waals surface area contributed by atoms with Gasteiger partial charge in [-0.05, 0) is 20.3 Å². The van der Waals surface area contributed by atoms with Gasteiger partial charge in [-0.3, -0.25) is 0 Å². The van der Waals surface area contributed by atoms with Gasteiger partial charge in [0.1, 0.15) is 5.38 Å². The fraction of sp³-hybridized carbons (Fsp3) is 0.800. The van der Waals surface area contributed by atoms with Gasteiger partial charge >= 0.3 is 6.01 Å². The van der Waals surface area contributed by atoms with Gasteiger partial charge in [0.05, 0.1) is 6.10 Å². The van der Waals surface area contributed by atoms with E-state index in [9.17, 15) is 5.11 Å². The van der Waals surface area contributed by atoms with Crippen LogP contribution >= 0.6 is 11.6 Å². The summed E-state index contributed by atoms with van der Waals surface area (Å²) in [5.74, 6) is 0.723. The third-order valence-electron chi connectivity index (χ3n) is 2.95. The highest BCUT2D eigenvalue weighted by Crippen LogP contribution is 2.27. The Balaban J connectivity index is 2.03. The van der Waals surface area contributed by atoms with E-state index in [4.69, 9.17) is 16.0 Å². The summed E-state index contributed by atoms with van der Waals surface area (Å²) in [4.78, 5) is 1.99. The molecule has 0 radical (unpaired) electrons. The first kappa shape index (κ1) is 11.7. The van der Waals surface area contributed by atoms with Crippen molar-refractivity contribution in [3.63, 3.8) is 0 Å². The van der Waals surface area contributed by atoms with Gasteiger partial charge < -0.3 is 14.4 Å². The lowest BCUT2D eigenvalue weighted by Gasteiger charge is -2.14. The lowest BCUT2D eigenvalue weighted by molar-refractivity contribution is 0.136. The van der Waals surface area contributed by atoms with Crippen molar-refractivity contribution in [1.82, 2.24) is 10.2 Å². The molecule has 1 aliphatic rings. The lowest BCUT2D eigenvalue weighted by atomic mass is 10.0. The van der Waals surface area contributed by atoms with Crippen LogP contribution in [0, 0.1) is 5.92 Å². The van der Waals surface area contributed by atoms with Gasteiger partial charge in [-0.15, -0.1) is 16.7 Å². The molecule has 2 rings (SSSR count). The molecule has 0 bridgehead atoms. The smallest absolute Gasteiger partial charge is 0.318 e. The Kier molecular flexibility index (Phi) is 3.35. The third-order valence-corrected chi connectivity index (χ3v) is 3.13. The van der Waals surface area contributed by atoms with E-state index in [2.05, 4.69) is 10.2 Å². The van der Waals surface area contributed by atoms with E-state index in [0.717, 1.165) is 19.5 Å². The van der Waals surface area contributed by atoms with Crippen molar-refractivity contribution >= 4 is 17.6 Å². The van der Waals surface area contributed by atoms with Gasteiger partial charge in [-0.2, -0.15) is 0 Å². The molecule has 6 heteroatoms. The monoisotopic (exact) mass is 245 g/mol. The molecule has 0 aromatic carbocycles. The zero-order valence-electron chi connectivity index (χ0n) is 9.43. The number of halogens is 1. The van der Waals surface area contributed by atoms with E-state index < -0.39 is 0 Å². The molecule has 1 saturated heterocycles. The van der Waals surface area contributed by atoms with E-state index in [0.29, 0.717) is 11.9 Å². The van der Waals surface area contributed by atoms with Crippen molar-refractivity contribution < 1.29 is 9.52 Å². The maximum atomic E-state index is 9.50. The summed E-state index contributed by atoms with van der Waals surface area (Å²) in [7, 11) is 0. The minimum atomic E-state index is -0.292. The summed E-state index contributed by atoms with van der Waals surface area (Å²) in [6, 6.07) is 0.505. The Labute approximate surface area is 99.4 Å². The molecule has 5 nitrogen and oxygen atoms in total. The average molecular weight is 246 g/mol. The van der Waals surface area contributed by atoms with Crippen LogP contribution in [0.15, 0.2) is 4.42 Å². The standard InChI is InChI=1S/C10H16ClN3O2/c1-6(11)9-12-13-10(16-9)14-4-3-8(5-14)7(2)15/h6-8,15H,3-5H2,1-2H3. The van der Waals surface area contributed by atoms with Crippen LogP contribution in [0.4, 0.5) is 6.01 Å². The van der Waals surface area contributed by atoms with E-state index >= 15 is 0 Å². The highest BCUT2D eigenvalue weighted by atomic mass is 35.5. The molecule has 3 unspecified atom stereocenters. The van der Waals surface area contributed by atoms with Crippen molar-refractivity contribution in [1.29, 1.82) is 0 Å². The zero-order chi connectivity index (χ0) is 11.7. The quantitative estimate of drug-likeness (QED) is 0.820. The molecule has 1 aromatic heterocycles. The zero-order valence-corrected chi connectivity index (χ0v) is 10.2. The highest BCUT2D eigenvalue weighted by molar-refractivity contribution is 6.20. The number of aromatic nitrogens is 2. The molecule has 1 aromatic rings. The normalized spacial score (nSPS) is 24.8. The van der Waals surface area contributed by atoms with Gasteiger partial charge in [0.25, 0.3) is 0 Å². The number of anilines is 1. The van der Waals surface area contributed by atoms with Crippen LogP contribution in [0.1, 0.15) is 31.5 Å². The number of alkyl halides is 1. The molecule has 1 N–H and O–H groups in total. The van der Waals surface area contributed by atoms with Gasteiger partial charge in [-0.25, -0.2) is 0 Å². The van der Waals surface area contributed by atoms with Crippen LogP contribution < -0.4 is 4.90 Å². The molecule has 1 aliphatic heterocycles. The first-order chi connectivity index (χ1) is 7.58. The summed E-state index contributed by atoms with van der Waals surface area (Å²) in [6.45, 7) is 5.21. The minimum absolute atomic E-state index is 0.267. The summed E-state index contributed by atoms with van der Waals surface area (Å²) < 4.78 is 5.45. The second kappa shape index (κ2) is 4.59. The number of hydrogen-bond acceptors (Lipinski definition) is 5. The van der Waals surface area contributed by atoms with Crippen LogP contribution in [-0.4, -0.2) is 34.5 Å². The predicted octanol–water partition coefficient (Wildman–Crippen LogP) is 1.58. The highest BCUT2D eigenvalue weighted by Gasteiger charge is 2.29. The molecule has 3 atom stereocenters. The number of aliphatic hydroxyl groups excluding tert-OH is 1. The van der Waals surface area contributed by atoms with Crippen molar-refractivity contribution in [2.75, 3.05) is 18.0 Å². The van der Waals surface area contributed by atoms with E-state index in [1.54, 1.807) is 6.92 Å². The fourth-order valence-electron chi connectivity index (χ4n) is 1.87. The van der Waals surface area contributed by atoms with Crippen LogP contribution in [0.2, 0.25) is 0 Å². The Morgan fingerprint density at radius 1 is 1.50 bits per heavy atom. The van der Waals surface area contributed by atoms with Crippen molar-refractivity contribution in [2.45, 2.75) is 31.7 Å².